The summed E-state index contributed by atoms with van der Waals surface area (Å²) < 4.78 is 11.9. The van der Waals surface area contributed by atoms with E-state index < -0.39 is 5.60 Å². The number of β-amino-alcohol motifs (C(OH)–C–C–N with tert-alkyl or cyclic N) is 1. The van der Waals surface area contributed by atoms with E-state index in [4.69, 9.17) is 44.1 Å². The molecule has 1 aliphatic heterocycles. The Morgan fingerprint density at radius 1 is 1.24 bits per heavy atom. The summed E-state index contributed by atoms with van der Waals surface area (Å²) in [4.78, 5) is 13.0. The highest BCUT2D eigenvalue weighted by Crippen LogP contribution is 2.46. The lowest BCUT2D eigenvalue weighted by Gasteiger charge is -2.50. The van der Waals surface area contributed by atoms with Crippen LogP contribution in [0.4, 0.5) is 0 Å². The fraction of sp³-hybridized carbons (Fsp3) is 0.500. The standard InChI is InChI=1S/C28H30Cl3N3O4/c29-22-2-1-3-23(30)25(22)26-20(27(38-33-26)16-4-5-16)12-37-19-8-9-21(24(31)11-19)28(36)13-34(14-28)18-7-6-17(10-18)32-15-35/h1-3,8-9,11,15-18,22,25,36H,4-7,10,12-14H2,(H,32,35). The first-order chi connectivity index (χ1) is 18.4. The predicted octanol–water partition coefficient (Wildman–Crippen LogP) is 5.34. The number of allylic oxidation sites excluding steroid dienone is 4. The Bertz CT molecular complexity index is 1270. The minimum Gasteiger partial charge on any atom is -0.489 e. The van der Waals surface area contributed by atoms with Gasteiger partial charge in [0.05, 0.1) is 21.9 Å². The summed E-state index contributed by atoms with van der Waals surface area (Å²) in [5, 5.41) is 19.3. The van der Waals surface area contributed by atoms with Crippen LogP contribution < -0.4 is 10.1 Å². The number of hydrogen-bond donors (Lipinski definition) is 2. The van der Waals surface area contributed by atoms with E-state index in [1.165, 1.54) is 0 Å². The highest BCUT2D eigenvalue weighted by molar-refractivity contribution is 6.32. The van der Waals surface area contributed by atoms with Gasteiger partial charge >= 0.3 is 0 Å². The highest BCUT2D eigenvalue weighted by Gasteiger charge is 2.47. The van der Waals surface area contributed by atoms with Crippen LogP contribution in [0.2, 0.25) is 5.02 Å². The number of benzene rings is 1. The molecule has 4 atom stereocenters. The van der Waals surface area contributed by atoms with Crippen LogP contribution in [0.5, 0.6) is 5.75 Å². The van der Waals surface area contributed by atoms with Gasteiger partial charge in [0.15, 0.2) is 0 Å². The van der Waals surface area contributed by atoms with E-state index in [-0.39, 0.29) is 23.9 Å². The Labute approximate surface area is 236 Å². The van der Waals surface area contributed by atoms with Gasteiger partial charge in [-0.15, -0.1) is 11.6 Å². The normalized spacial score (nSPS) is 28.6. The molecule has 6 rings (SSSR count). The molecule has 2 saturated carbocycles. The largest absolute Gasteiger partial charge is 0.489 e. The molecule has 7 nitrogen and oxygen atoms in total. The molecule has 10 heteroatoms. The summed E-state index contributed by atoms with van der Waals surface area (Å²) in [5.74, 6) is 1.49. The molecule has 4 unspecified atom stereocenters. The van der Waals surface area contributed by atoms with Crippen molar-refractivity contribution >= 4 is 41.2 Å². The molecule has 2 heterocycles. The molecule has 3 fully saturated rings. The fourth-order valence-electron chi connectivity index (χ4n) is 6.00. The number of halogens is 3. The molecule has 4 aliphatic rings. The minimum absolute atomic E-state index is 0.217. The number of hydrogen-bond acceptors (Lipinski definition) is 6. The molecular weight excluding hydrogens is 549 g/mol. The number of likely N-dealkylation sites (tertiary alicyclic amines) is 1. The van der Waals surface area contributed by atoms with Crippen LogP contribution in [0.15, 0.2) is 46.0 Å². The number of ether oxygens (including phenoxy) is 1. The first-order valence-electron chi connectivity index (χ1n) is 13.1. The fourth-order valence-corrected chi connectivity index (χ4v) is 7.06. The molecule has 2 N–H and O–H groups in total. The highest BCUT2D eigenvalue weighted by atomic mass is 35.5. The van der Waals surface area contributed by atoms with Crippen molar-refractivity contribution in [3.8, 4) is 5.75 Å². The molecule has 0 bridgehead atoms. The second-order valence-electron chi connectivity index (χ2n) is 10.9. The topological polar surface area (TPSA) is 87.8 Å². The number of nitrogens with zero attached hydrogens (tertiary/aromatic N) is 2. The smallest absolute Gasteiger partial charge is 0.207 e. The van der Waals surface area contributed by atoms with Gasteiger partial charge in [0, 0.05) is 41.7 Å². The van der Waals surface area contributed by atoms with Crippen molar-refractivity contribution < 1.29 is 19.2 Å². The van der Waals surface area contributed by atoms with Crippen molar-refractivity contribution in [1.29, 1.82) is 0 Å². The molecule has 3 aliphatic carbocycles. The SMILES string of the molecule is O=CNC1CCC(N2CC(O)(c3ccc(OCc4c(C5C(Cl)=CC=CC5Cl)noc4C4CC4)cc3Cl)C2)C1. The van der Waals surface area contributed by atoms with Crippen LogP contribution in [0.25, 0.3) is 0 Å². The lowest BCUT2D eigenvalue weighted by atomic mass is 9.84. The van der Waals surface area contributed by atoms with Crippen molar-refractivity contribution in [1.82, 2.24) is 15.4 Å². The van der Waals surface area contributed by atoms with E-state index in [9.17, 15) is 9.90 Å². The molecule has 202 valence electrons. The summed E-state index contributed by atoms with van der Waals surface area (Å²) in [6.45, 7) is 1.29. The first-order valence-corrected chi connectivity index (χ1v) is 14.3. The zero-order chi connectivity index (χ0) is 26.4. The van der Waals surface area contributed by atoms with Gasteiger partial charge in [-0.1, -0.05) is 46.6 Å². The quantitative estimate of drug-likeness (QED) is 0.309. The lowest BCUT2D eigenvalue weighted by molar-refractivity contribution is -0.121. The zero-order valence-corrected chi connectivity index (χ0v) is 23.1. The van der Waals surface area contributed by atoms with Crippen molar-refractivity contribution in [2.45, 2.75) is 73.6 Å². The maximum absolute atomic E-state index is 11.3. The monoisotopic (exact) mass is 577 g/mol. The summed E-state index contributed by atoms with van der Waals surface area (Å²) in [6.07, 6.45) is 11.4. The van der Waals surface area contributed by atoms with Crippen LogP contribution in [0, 0.1) is 0 Å². The van der Waals surface area contributed by atoms with Crippen molar-refractivity contribution in [2.24, 2.45) is 0 Å². The Balaban J connectivity index is 1.13. The molecule has 0 radical (unpaired) electrons. The minimum atomic E-state index is -1.00. The third-order valence-corrected chi connectivity index (χ3v) is 9.31. The van der Waals surface area contributed by atoms with Crippen LogP contribution in [0.3, 0.4) is 0 Å². The Hall–Kier alpha value is -2.03. The summed E-state index contributed by atoms with van der Waals surface area (Å²) in [7, 11) is 0. The number of aliphatic hydroxyl groups is 1. The Morgan fingerprint density at radius 2 is 2.05 bits per heavy atom. The summed E-state index contributed by atoms with van der Waals surface area (Å²) >= 11 is 19.8. The number of nitrogens with one attached hydrogen (secondary N) is 1. The average molecular weight is 579 g/mol. The first kappa shape index (κ1) is 26.2. The Morgan fingerprint density at radius 3 is 2.76 bits per heavy atom. The second-order valence-corrected chi connectivity index (χ2v) is 12.2. The Kier molecular flexibility index (Phi) is 7.25. The van der Waals surface area contributed by atoms with Crippen molar-refractivity contribution in [2.75, 3.05) is 13.1 Å². The third-order valence-electron chi connectivity index (χ3n) is 8.24. The van der Waals surface area contributed by atoms with Crippen LogP contribution in [-0.2, 0) is 17.0 Å². The second kappa shape index (κ2) is 10.5. The number of carbonyl (C=O) groups excluding carboxylic acids is 1. The van der Waals surface area contributed by atoms with Crippen molar-refractivity contribution in [3.63, 3.8) is 0 Å². The van der Waals surface area contributed by atoms with Gasteiger partial charge in [-0.05, 0) is 50.3 Å². The van der Waals surface area contributed by atoms with E-state index in [2.05, 4.69) is 15.4 Å². The molecule has 0 spiro atoms. The van der Waals surface area contributed by atoms with Crippen molar-refractivity contribution in [3.05, 3.63) is 69.1 Å². The number of aromatic nitrogens is 1. The number of carbonyl (C=O) groups is 1. The maximum Gasteiger partial charge on any atom is 0.207 e. The van der Waals surface area contributed by atoms with Gasteiger partial charge < -0.3 is 19.7 Å². The van der Waals surface area contributed by atoms with E-state index in [1.807, 2.05) is 30.4 Å². The van der Waals surface area contributed by atoms with E-state index >= 15 is 0 Å². The lowest BCUT2D eigenvalue weighted by Crippen LogP contribution is -2.62. The molecule has 1 aromatic carbocycles. The molecule has 1 aromatic heterocycles. The summed E-state index contributed by atoms with van der Waals surface area (Å²) in [5.41, 5.74) is 1.29. The molecule has 2 aromatic rings. The third kappa shape index (κ3) is 5.00. The average Bonchev–Trinajstić information content (AvgIpc) is 3.47. The number of alkyl halides is 1. The maximum atomic E-state index is 11.3. The number of amides is 1. The van der Waals surface area contributed by atoms with Gasteiger partial charge in [0.25, 0.3) is 0 Å². The van der Waals surface area contributed by atoms with E-state index in [0.29, 0.717) is 52.1 Å². The zero-order valence-electron chi connectivity index (χ0n) is 20.8. The molecule has 1 saturated heterocycles. The van der Waals surface area contributed by atoms with Gasteiger partial charge in [-0.25, -0.2) is 0 Å². The predicted molar refractivity (Wildman–Crippen MR) is 146 cm³/mol. The van der Waals surface area contributed by atoms with Gasteiger partial charge in [-0.2, -0.15) is 0 Å². The van der Waals surface area contributed by atoms with E-state index in [1.54, 1.807) is 6.07 Å². The molecular formula is C28H30Cl3N3O4. The van der Waals surface area contributed by atoms with Crippen LogP contribution >= 0.6 is 34.8 Å². The van der Waals surface area contributed by atoms with Gasteiger partial charge in [-0.3, -0.25) is 9.69 Å². The van der Waals surface area contributed by atoms with Crippen LogP contribution in [-0.4, -0.2) is 52.1 Å². The number of rotatable bonds is 9. The van der Waals surface area contributed by atoms with Crippen LogP contribution in [0.1, 0.15) is 66.5 Å². The summed E-state index contributed by atoms with van der Waals surface area (Å²) in [6, 6.07) is 6.02. The van der Waals surface area contributed by atoms with E-state index in [0.717, 1.165) is 49.8 Å². The van der Waals surface area contributed by atoms with Gasteiger partial charge in [0.2, 0.25) is 6.41 Å². The van der Waals surface area contributed by atoms with Gasteiger partial charge in [0.1, 0.15) is 29.4 Å². The molecule has 38 heavy (non-hydrogen) atoms. The molecule has 1 amide bonds.